The minimum absolute atomic E-state index is 0.136. The summed E-state index contributed by atoms with van der Waals surface area (Å²) in [4.78, 5) is 12.4. The van der Waals surface area contributed by atoms with E-state index in [4.69, 9.17) is 9.47 Å². The first-order chi connectivity index (χ1) is 15.7. The Morgan fingerprint density at radius 2 is 1.85 bits per heavy atom. The molecule has 0 aliphatic carbocycles. The molecular formula is C27H47FN2O3. The molecule has 0 aromatic carbocycles. The third-order valence-corrected chi connectivity index (χ3v) is 5.68. The summed E-state index contributed by atoms with van der Waals surface area (Å²) in [5, 5.41) is 3.22. The molecule has 0 bridgehead atoms. The predicted octanol–water partition coefficient (Wildman–Crippen LogP) is 5.32. The van der Waals surface area contributed by atoms with Crippen molar-refractivity contribution in [3.8, 4) is 0 Å². The smallest absolute Gasteiger partial charge is 0.123 e. The minimum atomic E-state index is 0.136. The highest BCUT2D eigenvalue weighted by atomic mass is 19.1. The molecule has 5 nitrogen and oxygen atoms in total. The van der Waals surface area contributed by atoms with E-state index in [9.17, 15) is 9.18 Å². The van der Waals surface area contributed by atoms with E-state index in [2.05, 4.69) is 36.2 Å². The summed E-state index contributed by atoms with van der Waals surface area (Å²) in [5.41, 5.74) is 2.42. The van der Waals surface area contributed by atoms with Crippen molar-refractivity contribution in [2.24, 2.45) is 17.8 Å². The van der Waals surface area contributed by atoms with Crippen LogP contribution in [-0.2, 0) is 14.3 Å². The molecule has 0 amide bonds. The summed E-state index contributed by atoms with van der Waals surface area (Å²) < 4.78 is 23.4. The lowest BCUT2D eigenvalue weighted by atomic mass is 9.84. The van der Waals surface area contributed by atoms with Crippen LogP contribution in [0.2, 0.25) is 0 Å². The van der Waals surface area contributed by atoms with Crippen molar-refractivity contribution in [2.75, 3.05) is 47.0 Å². The second-order valence-corrected chi connectivity index (χ2v) is 9.06. The van der Waals surface area contributed by atoms with Gasteiger partial charge >= 0.3 is 0 Å². The van der Waals surface area contributed by atoms with Gasteiger partial charge in [-0.05, 0) is 59.6 Å². The number of rotatable bonds is 14. The van der Waals surface area contributed by atoms with Crippen LogP contribution in [0.3, 0.4) is 0 Å². The Balaban J connectivity index is 0.000000861. The normalized spacial score (nSPS) is 18.1. The van der Waals surface area contributed by atoms with Crippen molar-refractivity contribution in [3.63, 3.8) is 0 Å². The summed E-state index contributed by atoms with van der Waals surface area (Å²) in [6.07, 6.45) is 9.85. The maximum Gasteiger partial charge on any atom is 0.123 e. The van der Waals surface area contributed by atoms with Crippen LogP contribution in [-0.4, -0.2) is 64.2 Å². The monoisotopic (exact) mass is 466 g/mol. The maximum absolute atomic E-state index is 12.9. The molecule has 1 aliphatic heterocycles. The van der Waals surface area contributed by atoms with Gasteiger partial charge in [0, 0.05) is 45.1 Å². The zero-order chi connectivity index (χ0) is 25.2. The maximum atomic E-state index is 12.9. The molecule has 1 aliphatic rings. The number of nitrogens with zero attached hydrogens (tertiary/aromatic N) is 1. The van der Waals surface area contributed by atoms with Gasteiger partial charge in [-0.25, -0.2) is 4.39 Å². The van der Waals surface area contributed by atoms with Gasteiger partial charge in [0.2, 0.25) is 0 Å². The average Bonchev–Trinajstić information content (AvgIpc) is 2.72. The fourth-order valence-electron chi connectivity index (χ4n) is 4.03. The van der Waals surface area contributed by atoms with Gasteiger partial charge in [-0.1, -0.05) is 36.3 Å². The zero-order valence-corrected chi connectivity index (χ0v) is 22.1. The van der Waals surface area contributed by atoms with Crippen LogP contribution >= 0.6 is 0 Å². The lowest BCUT2D eigenvalue weighted by Gasteiger charge is -2.46. The van der Waals surface area contributed by atoms with Crippen molar-refractivity contribution >= 4 is 6.29 Å². The topological polar surface area (TPSA) is 50.8 Å². The van der Waals surface area contributed by atoms with Crippen molar-refractivity contribution in [1.82, 2.24) is 10.2 Å². The van der Waals surface area contributed by atoms with Crippen molar-refractivity contribution < 1.29 is 18.7 Å². The molecule has 3 unspecified atom stereocenters. The molecule has 33 heavy (non-hydrogen) atoms. The van der Waals surface area contributed by atoms with E-state index in [1.807, 2.05) is 40.8 Å². The van der Waals surface area contributed by atoms with Gasteiger partial charge in [-0.3, -0.25) is 4.90 Å². The lowest BCUT2D eigenvalue weighted by molar-refractivity contribution is -0.107. The fourth-order valence-corrected chi connectivity index (χ4v) is 4.03. The summed E-state index contributed by atoms with van der Waals surface area (Å²) in [7, 11) is 3.64. The Kier molecular flexibility index (Phi) is 17.6. The van der Waals surface area contributed by atoms with Crippen LogP contribution < -0.4 is 5.32 Å². The molecular weight excluding hydrogens is 419 g/mol. The van der Waals surface area contributed by atoms with Gasteiger partial charge in [0.05, 0.1) is 18.7 Å². The molecule has 1 saturated heterocycles. The van der Waals surface area contributed by atoms with Crippen LogP contribution in [0.5, 0.6) is 0 Å². The number of nitrogens with one attached hydrogen (secondary N) is 1. The quantitative estimate of drug-likeness (QED) is 0.163. The second-order valence-electron chi connectivity index (χ2n) is 9.06. The first-order valence-electron chi connectivity index (χ1n) is 11.9. The number of allylic oxidation sites excluding steroid dienone is 6. The number of carbonyl (C=O) groups is 1. The Morgan fingerprint density at radius 1 is 1.18 bits per heavy atom. The Morgan fingerprint density at radius 3 is 2.36 bits per heavy atom. The number of halogens is 1. The molecule has 1 N–H and O–H groups in total. The van der Waals surface area contributed by atoms with Crippen LogP contribution in [0.4, 0.5) is 4.39 Å². The highest BCUT2D eigenvalue weighted by Crippen LogP contribution is 2.29. The molecule has 0 radical (unpaired) electrons. The number of carbonyl (C=O) groups excluding carboxylic acids is 1. The van der Waals surface area contributed by atoms with E-state index < -0.39 is 0 Å². The Hall–Kier alpha value is -1.76. The van der Waals surface area contributed by atoms with Gasteiger partial charge in [0.15, 0.2) is 0 Å². The minimum Gasteiger partial charge on any atom is -0.496 e. The van der Waals surface area contributed by atoms with Crippen LogP contribution in [0.25, 0.3) is 0 Å². The van der Waals surface area contributed by atoms with Gasteiger partial charge in [0.25, 0.3) is 0 Å². The van der Waals surface area contributed by atoms with E-state index in [1.54, 1.807) is 13.2 Å². The average molecular weight is 467 g/mol. The molecule has 0 aromatic heterocycles. The van der Waals surface area contributed by atoms with E-state index in [-0.39, 0.29) is 11.8 Å². The Labute approximate surface area is 201 Å². The molecule has 6 heteroatoms. The summed E-state index contributed by atoms with van der Waals surface area (Å²) in [6, 6.07) is 0.313. The summed E-state index contributed by atoms with van der Waals surface area (Å²) in [5.74, 6) is 1.93. The molecule has 1 rings (SSSR count). The largest absolute Gasteiger partial charge is 0.496 e. The van der Waals surface area contributed by atoms with Gasteiger partial charge in [-0.2, -0.15) is 0 Å². The first-order valence-corrected chi connectivity index (χ1v) is 11.9. The van der Waals surface area contributed by atoms with Gasteiger partial charge < -0.3 is 19.6 Å². The summed E-state index contributed by atoms with van der Waals surface area (Å²) >= 11 is 0. The number of hydrogen-bond donors (Lipinski definition) is 1. The van der Waals surface area contributed by atoms with Crippen LogP contribution in [0, 0.1) is 17.8 Å². The van der Waals surface area contributed by atoms with Crippen LogP contribution in [0.15, 0.2) is 47.5 Å². The fraction of sp³-hybridized carbons (Fsp3) is 0.667. The van der Waals surface area contributed by atoms with Gasteiger partial charge in [0.1, 0.15) is 12.9 Å². The number of methoxy groups -OCH3 is 1. The van der Waals surface area contributed by atoms with Crippen molar-refractivity contribution in [2.45, 2.75) is 54.0 Å². The molecule has 1 heterocycles. The highest BCUT2D eigenvalue weighted by molar-refractivity contribution is 5.52. The third kappa shape index (κ3) is 14.2. The van der Waals surface area contributed by atoms with E-state index >= 15 is 0 Å². The third-order valence-electron chi connectivity index (χ3n) is 5.68. The van der Waals surface area contributed by atoms with E-state index in [1.165, 1.54) is 5.57 Å². The molecule has 190 valence electrons. The highest BCUT2D eigenvalue weighted by Gasteiger charge is 2.34. The number of hydrogen-bond acceptors (Lipinski definition) is 5. The summed E-state index contributed by atoms with van der Waals surface area (Å²) in [6.45, 7) is 16.7. The number of aldehydes is 1. The van der Waals surface area contributed by atoms with E-state index in [0.717, 1.165) is 37.3 Å². The Bertz CT molecular complexity index is 648. The zero-order valence-electron chi connectivity index (χ0n) is 22.1. The second kappa shape index (κ2) is 18.6. The molecule has 0 aromatic rings. The van der Waals surface area contributed by atoms with Crippen molar-refractivity contribution in [1.29, 1.82) is 0 Å². The standard InChI is InChI=1S/C18H33FN2O2.C9H14O/c1-14(10-15(2)23-9-8-22-5)18(6-7-19)16(3)21-12-17(13-21)11-20-4;1-8(2)7-9(3)5-4-6-10/h6-7,10,14,16-18,20H,8-9,11-13H2,1-5H3;5-7H,4H2,1-3H3/b7-6+,15-10+;9-5-. The number of ether oxygens (including phenoxy) is 2. The van der Waals surface area contributed by atoms with Gasteiger partial charge in [-0.15, -0.1) is 0 Å². The first kappa shape index (κ1) is 31.2. The predicted molar refractivity (Wildman–Crippen MR) is 137 cm³/mol. The van der Waals surface area contributed by atoms with E-state index in [0.29, 0.717) is 37.9 Å². The lowest BCUT2D eigenvalue weighted by Crippen LogP contribution is -2.56. The number of likely N-dealkylation sites (tertiary alicyclic amines) is 1. The molecule has 3 atom stereocenters. The van der Waals surface area contributed by atoms with Crippen molar-refractivity contribution in [3.05, 3.63) is 47.5 Å². The SMILES string of the molecule is CC(C)=C/C(C)=C\CC=O.CNCC1CN(C(C)C(/C=C/F)C(C)/C=C(\C)OCCOC)C1. The van der Waals surface area contributed by atoms with Crippen LogP contribution in [0.1, 0.15) is 48.0 Å². The molecule has 0 saturated carbocycles. The molecule has 0 spiro atoms. The molecule has 1 fully saturated rings.